The second kappa shape index (κ2) is 13.8. The van der Waals surface area contributed by atoms with E-state index < -0.39 is 0 Å². The number of aliphatic imine (C=N–C) groups is 1. The zero-order valence-electron chi connectivity index (χ0n) is 17.3. The van der Waals surface area contributed by atoms with Crippen LogP contribution in [0.2, 0.25) is 0 Å². The van der Waals surface area contributed by atoms with Crippen LogP contribution in [0.15, 0.2) is 53.5 Å². The molecule has 0 saturated carbocycles. The zero-order valence-corrected chi connectivity index (χ0v) is 19.7. The number of anilines is 1. The van der Waals surface area contributed by atoms with Gasteiger partial charge < -0.3 is 20.7 Å². The van der Waals surface area contributed by atoms with E-state index in [1.807, 2.05) is 62.4 Å². The lowest BCUT2D eigenvalue weighted by atomic mass is 10.1. The number of benzene rings is 2. The predicted octanol–water partition coefficient (Wildman–Crippen LogP) is 3.96. The van der Waals surface area contributed by atoms with E-state index >= 15 is 0 Å². The summed E-state index contributed by atoms with van der Waals surface area (Å²) in [5, 5.41) is 9.41. The molecule has 0 aliphatic heterocycles. The number of ether oxygens (including phenoxy) is 1. The second-order valence-corrected chi connectivity index (χ2v) is 6.29. The summed E-state index contributed by atoms with van der Waals surface area (Å²) < 4.78 is 5.67. The van der Waals surface area contributed by atoms with Gasteiger partial charge in [0, 0.05) is 31.3 Å². The highest BCUT2D eigenvalue weighted by Crippen LogP contribution is 2.18. The van der Waals surface area contributed by atoms with Gasteiger partial charge in [0.15, 0.2) is 5.96 Å². The summed E-state index contributed by atoms with van der Waals surface area (Å²) >= 11 is 0. The molecule has 0 unspecified atom stereocenters. The van der Waals surface area contributed by atoms with Gasteiger partial charge in [0.05, 0.1) is 13.2 Å². The molecular weight excluding hydrogens is 479 g/mol. The van der Waals surface area contributed by atoms with Gasteiger partial charge in [-0.25, -0.2) is 4.99 Å². The lowest BCUT2D eigenvalue weighted by Crippen LogP contribution is -2.38. The largest absolute Gasteiger partial charge is 0.494 e. The van der Waals surface area contributed by atoms with Gasteiger partial charge in [0.2, 0.25) is 5.91 Å². The van der Waals surface area contributed by atoms with Gasteiger partial charge in [-0.05, 0) is 44.0 Å². The van der Waals surface area contributed by atoms with Crippen molar-refractivity contribution in [3.63, 3.8) is 0 Å². The molecule has 0 aliphatic carbocycles. The zero-order chi connectivity index (χ0) is 20.2. The molecule has 0 radical (unpaired) electrons. The van der Waals surface area contributed by atoms with E-state index in [9.17, 15) is 4.79 Å². The van der Waals surface area contributed by atoms with Gasteiger partial charge in [-0.2, -0.15) is 0 Å². The van der Waals surface area contributed by atoms with Crippen LogP contribution in [-0.4, -0.2) is 31.6 Å². The summed E-state index contributed by atoms with van der Waals surface area (Å²) in [4.78, 5) is 15.8. The van der Waals surface area contributed by atoms with Crippen LogP contribution in [0.25, 0.3) is 0 Å². The van der Waals surface area contributed by atoms with Gasteiger partial charge in [-0.1, -0.05) is 30.3 Å². The topological polar surface area (TPSA) is 74.8 Å². The molecule has 2 aromatic carbocycles. The molecule has 1 amide bonds. The molecular formula is C22H31IN4O2. The number of amides is 1. The fraction of sp³-hybridized carbons (Fsp3) is 0.364. The summed E-state index contributed by atoms with van der Waals surface area (Å²) in [5.74, 6) is 1.60. The minimum absolute atomic E-state index is 0. The van der Waals surface area contributed by atoms with Gasteiger partial charge >= 0.3 is 0 Å². The standard InChI is InChI=1S/C22H30N4O2.HI/c1-4-23-22(25-16-19-8-6-7-9-21(19)28-5-2)24-15-14-18-10-12-20(13-11-18)26-17(3)27;/h6-13H,4-5,14-16H2,1-3H3,(H,26,27)(H2,23,24,25);1H. The van der Waals surface area contributed by atoms with Crippen LogP contribution in [0.5, 0.6) is 5.75 Å². The maximum Gasteiger partial charge on any atom is 0.221 e. The molecule has 0 saturated heterocycles. The number of carbonyl (C=O) groups excluding carboxylic acids is 1. The monoisotopic (exact) mass is 510 g/mol. The Labute approximate surface area is 190 Å². The van der Waals surface area contributed by atoms with Crippen LogP contribution in [0.1, 0.15) is 31.9 Å². The summed E-state index contributed by atoms with van der Waals surface area (Å²) in [6, 6.07) is 15.9. The van der Waals surface area contributed by atoms with Crippen molar-refractivity contribution in [2.24, 2.45) is 4.99 Å². The normalized spacial score (nSPS) is 10.7. The number of halogens is 1. The minimum Gasteiger partial charge on any atom is -0.494 e. The average Bonchev–Trinajstić information content (AvgIpc) is 2.68. The van der Waals surface area contributed by atoms with Crippen molar-refractivity contribution >= 4 is 41.5 Å². The van der Waals surface area contributed by atoms with Crippen LogP contribution in [0.3, 0.4) is 0 Å². The molecule has 0 aliphatic rings. The van der Waals surface area contributed by atoms with Crippen molar-refractivity contribution in [2.75, 3.05) is 25.0 Å². The van der Waals surface area contributed by atoms with E-state index in [1.165, 1.54) is 12.5 Å². The van der Waals surface area contributed by atoms with Crippen molar-refractivity contribution in [3.05, 3.63) is 59.7 Å². The smallest absolute Gasteiger partial charge is 0.221 e. The van der Waals surface area contributed by atoms with Crippen LogP contribution >= 0.6 is 24.0 Å². The highest BCUT2D eigenvalue weighted by molar-refractivity contribution is 14.0. The predicted molar refractivity (Wildman–Crippen MR) is 130 cm³/mol. The van der Waals surface area contributed by atoms with E-state index in [2.05, 4.69) is 20.9 Å². The molecule has 29 heavy (non-hydrogen) atoms. The Morgan fingerprint density at radius 1 is 1.03 bits per heavy atom. The number of hydrogen-bond acceptors (Lipinski definition) is 3. The molecule has 0 atom stereocenters. The Morgan fingerprint density at radius 2 is 1.76 bits per heavy atom. The fourth-order valence-corrected chi connectivity index (χ4v) is 2.72. The molecule has 0 spiro atoms. The Kier molecular flexibility index (Phi) is 11.8. The maximum atomic E-state index is 11.1. The minimum atomic E-state index is -0.0631. The SMILES string of the molecule is CCNC(=NCc1ccccc1OCC)NCCc1ccc(NC(C)=O)cc1.I. The van der Waals surface area contributed by atoms with Crippen LogP contribution in [-0.2, 0) is 17.8 Å². The molecule has 158 valence electrons. The summed E-state index contributed by atoms with van der Waals surface area (Å²) in [6.45, 7) is 8.28. The summed E-state index contributed by atoms with van der Waals surface area (Å²) in [6.07, 6.45) is 0.861. The lowest BCUT2D eigenvalue weighted by Gasteiger charge is -2.13. The van der Waals surface area contributed by atoms with Crippen molar-refractivity contribution in [1.29, 1.82) is 0 Å². The van der Waals surface area contributed by atoms with Crippen molar-refractivity contribution in [3.8, 4) is 5.75 Å². The highest BCUT2D eigenvalue weighted by Gasteiger charge is 2.03. The molecule has 0 fully saturated rings. The Hall–Kier alpha value is -2.29. The number of rotatable bonds is 9. The number of para-hydroxylation sites is 1. The summed E-state index contributed by atoms with van der Waals surface area (Å²) in [7, 11) is 0. The van der Waals surface area contributed by atoms with Crippen molar-refractivity contribution in [2.45, 2.75) is 33.7 Å². The maximum absolute atomic E-state index is 11.1. The van der Waals surface area contributed by atoms with Crippen LogP contribution in [0, 0.1) is 0 Å². The average molecular weight is 510 g/mol. The molecule has 0 bridgehead atoms. The van der Waals surface area contributed by atoms with Gasteiger partial charge in [0.25, 0.3) is 0 Å². The van der Waals surface area contributed by atoms with E-state index in [0.717, 1.165) is 42.5 Å². The first-order chi connectivity index (χ1) is 13.6. The van der Waals surface area contributed by atoms with Crippen molar-refractivity contribution in [1.82, 2.24) is 10.6 Å². The first-order valence-electron chi connectivity index (χ1n) is 9.71. The number of hydrogen-bond donors (Lipinski definition) is 3. The number of carbonyl (C=O) groups is 1. The third-order valence-electron chi connectivity index (χ3n) is 4.00. The number of nitrogens with one attached hydrogen (secondary N) is 3. The van der Waals surface area contributed by atoms with E-state index in [4.69, 9.17) is 4.74 Å². The molecule has 0 aromatic heterocycles. The van der Waals surface area contributed by atoms with Gasteiger partial charge in [-0.3, -0.25) is 4.79 Å². The summed E-state index contributed by atoms with van der Waals surface area (Å²) in [5.41, 5.74) is 3.07. The van der Waals surface area contributed by atoms with E-state index in [1.54, 1.807) is 0 Å². The molecule has 3 N–H and O–H groups in total. The van der Waals surface area contributed by atoms with E-state index in [0.29, 0.717) is 13.2 Å². The lowest BCUT2D eigenvalue weighted by molar-refractivity contribution is -0.114. The Bertz CT molecular complexity index is 779. The van der Waals surface area contributed by atoms with Gasteiger partial charge in [0.1, 0.15) is 5.75 Å². The number of nitrogens with zero attached hydrogens (tertiary/aromatic N) is 1. The first kappa shape index (κ1) is 24.7. The fourth-order valence-electron chi connectivity index (χ4n) is 2.72. The first-order valence-corrected chi connectivity index (χ1v) is 9.71. The third kappa shape index (κ3) is 9.17. The van der Waals surface area contributed by atoms with Crippen LogP contribution < -0.4 is 20.7 Å². The van der Waals surface area contributed by atoms with Crippen LogP contribution in [0.4, 0.5) is 5.69 Å². The number of guanidine groups is 1. The molecule has 6 nitrogen and oxygen atoms in total. The van der Waals surface area contributed by atoms with Gasteiger partial charge in [-0.15, -0.1) is 24.0 Å². The third-order valence-corrected chi connectivity index (χ3v) is 4.00. The Balaban J connectivity index is 0.00000420. The van der Waals surface area contributed by atoms with Crippen molar-refractivity contribution < 1.29 is 9.53 Å². The highest BCUT2D eigenvalue weighted by atomic mass is 127. The molecule has 2 aromatic rings. The molecule has 2 rings (SSSR count). The van der Waals surface area contributed by atoms with E-state index in [-0.39, 0.29) is 29.9 Å². The Morgan fingerprint density at radius 3 is 2.41 bits per heavy atom. The second-order valence-electron chi connectivity index (χ2n) is 6.29. The quantitative estimate of drug-likeness (QED) is 0.271. The molecule has 0 heterocycles. The molecule has 7 heteroatoms.